The third-order valence-corrected chi connectivity index (χ3v) is 5.70. The first-order valence-electron chi connectivity index (χ1n) is 7.88. The molecule has 0 radical (unpaired) electrons. The van der Waals surface area contributed by atoms with Crippen molar-refractivity contribution in [1.29, 1.82) is 0 Å². The van der Waals surface area contributed by atoms with Crippen LogP contribution in [0.3, 0.4) is 0 Å². The fraction of sp³-hybridized carbons (Fsp3) is 0.800. The third kappa shape index (κ3) is 7.76. The Labute approximate surface area is 129 Å². The van der Waals surface area contributed by atoms with Gasteiger partial charge in [-0.25, -0.2) is 4.79 Å². The molecule has 0 spiro atoms. The van der Waals surface area contributed by atoms with Crippen LogP contribution in [0.2, 0.25) is 0 Å². The Morgan fingerprint density at radius 2 is 1.24 bits per heavy atom. The Morgan fingerprint density at radius 3 is 1.48 bits per heavy atom. The van der Waals surface area contributed by atoms with E-state index >= 15 is 0 Å². The van der Waals surface area contributed by atoms with E-state index in [1.54, 1.807) is 0 Å². The number of aliphatic carboxylic acids is 1. The van der Waals surface area contributed by atoms with Crippen molar-refractivity contribution < 1.29 is 23.2 Å². The Bertz CT molecular complexity index is 280. The number of rotatable bonds is 14. The van der Waals surface area contributed by atoms with Crippen molar-refractivity contribution in [1.82, 2.24) is 0 Å². The minimum absolute atomic E-state index is 0.0641. The van der Waals surface area contributed by atoms with Crippen LogP contribution in [0.4, 0.5) is 0 Å². The summed E-state index contributed by atoms with van der Waals surface area (Å²) in [5.41, 5.74) is 0. The third-order valence-electron chi connectivity index (χ3n) is 3.00. The van der Waals surface area contributed by atoms with Crippen LogP contribution in [0.15, 0.2) is 11.8 Å². The van der Waals surface area contributed by atoms with E-state index in [4.69, 9.17) is 13.3 Å². The van der Waals surface area contributed by atoms with Crippen molar-refractivity contribution in [2.75, 3.05) is 19.8 Å². The smallest absolute Gasteiger partial charge is 0.478 e. The first-order chi connectivity index (χ1) is 10.0. The second kappa shape index (κ2) is 11.9. The van der Waals surface area contributed by atoms with Gasteiger partial charge in [-0.3, -0.25) is 0 Å². The highest BCUT2D eigenvalue weighted by atomic mass is 28.4. The van der Waals surface area contributed by atoms with E-state index in [1.165, 1.54) is 0 Å². The summed E-state index contributed by atoms with van der Waals surface area (Å²) in [5, 5.41) is 9.22. The van der Waals surface area contributed by atoms with Crippen LogP contribution in [0.1, 0.15) is 59.3 Å². The van der Waals surface area contributed by atoms with Crippen LogP contribution in [-0.4, -0.2) is 39.7 Å². The largest absolute Gasteiger partial charge is 0.544 e. The molecular formula is C15H30O5Si. The van der Waals surface area contributed by atoms with Crippen molar-refractivity contribution >= 4 is 14.8 Å². The SMILES string of the molecule is C=C(C(=O)O)[Si](OCCCC)(OCCCC)OCCCC. The van der Waals surface area contributed by atoms with E-state index < -0.39 is 14.8 Å². The van der Waals surface area contributed by atoms with Gasteiger partial charge in [0.2, 0.25) is 0 Å². The Balaban J connectivity index is 4.95. The number of carboxylic acids is 1. The lowest BCUT2D eigenvalue weighted by Crippen LogP contribution is -2.51. The van der Waals surface area contributed by atoms with Gasteiger partial charge in [0, 0.05) is 19.8 Å². The summed E-state index contributed by atoms with van der Waals surface area (Å²) in [6.45, 7) is 11.1. The molecular weight excluding hydrogens is 288 g/mol. The maximum atomic E-state index is 11.3. The lowest BCUT2D eigenvalue weighted by atomic mass is 10.4. The molecule has 21 heavy (non-hydrogen) atoms. The minimum atomic E-state index is -3.37. The molecule has 0 aromatic carbocycles. The zero-order valence-corrected chi connectivity index (χ0v) is 14.7. The highest BCUT2D eigenvalue weighted by Gasteiger charge is 2.48. The molecule has 0 saturated heterocycles. The first kappa shape index (κ1) is 20.3. The van der Waals surface area contributed by atoms with Crippen LogP contribution in [0.5, 0.6) is 0 Å². The van der Waals surface area contributed by atoms with E-state index in [-0.39, 0.29) is 5.20 Å². The summed E-state index contributed by atoms with van der Waals surface area (Å²) in [6.07, 6.45) is 5.43. The van der Waals surface area contributed by atoms with Crippen molar-refractivity contribution in [3.8, 4) is 0 Å². The summed E-state index contributed by atoms with van der Waals surface area (Å²) in [4.78, 5) is 11.3. The van der Waals surface area contributed by atoms with Crippen molar-refractivity contribution in [3.63, 3.8) is 0 Å². The monoisotopic (exact) mass is 318 g/mol. The van der Waals surface area contributed by atoms with Gasteiger partial charge >= 0.3 is 14.8 Å². The average molecular weight is 318 g/mol. The molecule has 0 fully saturated rings. The molecule has 124 valence electrons. The quantitative estimate of drug-likeness (QED) is 0.301. The topological polar surface area (TPSA) is 65.0 Å². The van der Waals surface area contributed by atoms with Gasteiger partial charge in [0.1, 0.15) is 5.20 Å². The van der Waals surface area contributed by atoms with Gasteiger partial charge in [0.05, 0.1) is 0 Å². The van der Waals surface area contributed by atoms with Crippen LogP contribution in [0, 0.1) is 0 Å². The molecule has 0 unspecified atom stereocenters. The number of hydrogen-bond donors (Lipinski definition) is 1. The number of carbonyl (C=O) groups is 1. The highest BCUT2D eigenvalue weighted by molar-refractivity contribution is 6.73. The van der Waals surface area contributed by atoms with Gasteiger partial charge in [-0.2, -0.15) is 0 Å². The Kier molecular flexibility index (Phi) is 11.5. The second-order valence-corrected chi connectivity index (χ2v) is 7.53. The summed E-state index contributed by atoms with van der Waals surface area (Å²) < 4.78 is 17.4. The summed E-state index contributed by atoms with van der Waals surface area (Å²) in [6, 6.07) is 0. The first-order valence-corrected chi connectivity index (χ1v) is 9.61. The van der Waals surface area contributed by atoms with Crippen molar-refractivity contribution in [3.05, 3.63) is 11.8 Å². The molecule has 6 heteroatoms. The molecule has 0 aliphatic heterocycles. The van der Waals surface area contributed by atoms with Crippen LogP contribution in [0.25, 0.3) is 0 Å². The predicted octanol–water partition coefficient (Wildman–Crippen LogP) is 3.56. The van der Waals surface area contributed by atoms with E-state index in [0.29, 0.717) is 19.8 Å². The van der Waals surface area contributed by atoms with Crippen LogP contribution in [-0.2, 0) is 18.1 Å². The van der Waals surface area contributed by atoms with E-state index in [2.05, 4.69) is 27.4 Å². The molecule has 0 saturated carbocycles. The predicted molar refractivity (Wildman–Crippen MR) is 85.1 cm³/mol. The van der Waals surface area contributed by atoms with Gasteiger partial charge < -0.3 is 18.4 Å². The Morgan fingerprint density at radius 1 is 0.905 bits per heavy atom. The number of hydrogen-bond acceptors (Lipinski definition) is 4. The molecule has 5 nitrogen and oxygen atoms in total. The van der Waals surface area contributed by atoms with Gasteiger partial charge in [-0.15, -0.1) is 0 Å². The molecule has 0 aliphatic carbocycles. The maximum Gasteiger partial charge on any atom is 0.544 e. The van der Waals surface area contributed by atoms with E-state index in [0.717, 1.165) is 38.5 Å². The zero-order chi connectivity index (χ0) is 16.1. The molecule has 0 aliphatic rings. The summed E-state index contributed by atoms with van der Waals surface area (Å²) in [7, 11) is -3.37. The number of carboxylic acid groups (broad SMARTS) is 1. The van der Waals surface area contributed by atoms with E-state index in [9.17, 15) is 9.90 Å². The standard InChI is InChI=1S/C15H30O5Si/c1-5-8-11-18-21(14(4)15(16)17,19-12-9-6-2)20-13-10-7-3/h4-13H2,1-3H3,(H,16,17). The van der Waals surface area contributed by atoms with E-state index in [1.807, 2.05) is 0 Å². The summed E-state index contributed by atoms with van der Waals surface area (Å²) in [5.74, 6) is -1.11. The molecule has 0 aromatic heterocycles. The Hall–Kier alpha value is -0.693. The minimum Gasteiger partial charge on any atom is -0.478 e. The van der Waals surface area contributed by atoms with Crippen LogP contribution >= 0.6 is 0 Å². The van der Waals surface area contributed by atoms with Crippen LogP contribution < -0.4 is 0 Å². The molecule has 0 bridgehead atoms. The van der Waals surface area contributed by atoms with Gasteiger partial charge in [-0.05, 0) is 19.3 Å². The lowest BCUT2D eigenvalue weighted by Gasteiger charge is -2.29. The average Bonchev–Trinajstić information content (AvgIpc) is 2.46. The normalized spacial score (nSPS) is 11.6. The summed E-state index contributed by atoms with van der Waals surface area (Å²) >= 11 is 0. The van der Waals surface area contributed by atoms with Crippen molar-refractivity contribution in [2.24, 2.45) is 0 Å². The molecule has 0 rings (SSSR count). The zero-order valence-electron chi connectivity index (χ0n) is 13.7. The van der Waals surface area contributed by atoms with Gasteiger partial charge in [0.25, 0.3) is 0 Å². The van der Waals surface area contributed by atoms with Crippen molar-refractivity contribution in [2.45, 2.75) is 59.3 Å². The maximum absolute atomic E-state index is 11.3. The molecule has 0 amide bonds. The second-order valence-electron chi connectivity index (χ2n) is 4.95. The lowest BCUT2D eigenvalue weighted by molar-refractivity contribution is -0.132. The van der Waals surface area contributed by atoms with Gasteiger partial charge in [0.15, 0.2) is 0 Å². The fourth-order valence-electron chi connectivity index (χ4n) is 1.57. The molecule has 1 N–H and O–H groups in total. The fourth-order valence-corrected chi connectivity index (χ4v) is 3.84. The molecule has 0 aromatic rings. The molecule has 0 atom stereocenters. The van der Waals surface area contributed by atoms with Gasteiger partial charge in [-0.1, -0.05) is 46.6 Å². The number of unbranched alkanes of at least 4 members (excludes halogenated alkanes) is 3. The highest BCUT2D eigenvalue weighted by Crippen LogP contribution is 2.21. The molecule has 0 heterocycles.